The van der Waals surface area contributed by atoms with Gasteiger partial charge in [-0.3, -0.25) is 4.79 Å². The zero-order valence-electron chi connectivity index (χ0n) is 16.1. The highest BCUT2D eigenvalue weighted by atomic mass is 16.5. The number of nitrogens with zero attached hydrogens (tertiary/aromatic N) is 1. The Morgan fingerprint density at radius 1 is 1.00 bits per heavy atom. The maximum absolute atomic E-state index is 12.9. The van der Waals surface area contributed by atoms with Gasteiger partial charge in [-0.25, -0.2) is 0 Å². The lowest BCUT2D eigenvalue weighted by Gasteiger charge is -2.38. The second kappa shape index (κ2) is 8.16. The van der Waals surface area contributed by atoms with Crippen LogP contribution in [0.4, 0.5) is 0 Å². The van der Waals surface area contributed by atoms with Crippen LogP contribution in [0.3, 0.4) is 0 Å². The number of fused-ring (bicyclic) bond motifs is 2. The molecule has 0 N–H and O–H groups in total. The highest BCUT2D eigenvalue weighted by Gasteiger charge is 2.43. The average Bonchev–Trinajstić information content (AvgIpc) is 2.95. The number of hydrogen-bond donors (Lipinski definition) is 0. The second-order valence-electron chi connectivity index (χ2n) is 7.03. The number of rotatable bonds is 7. The number of methoxy groups -OCH3 is 4. The molecule has 2 bridgehead atoms. The molecule has 144 valence electrons. The van der Waals surface area contributed by atoms with Crippen molar-refractivity contribution in [1.29, 1.82) is 0 Å². The van der Waals surface area contributed by atoms with Gasteiger partial charge in [0.25, 0.3) is 0 Å². The molecule has 0 aliphatic carbocycles. The number of piperidine rings is 1. The van der Waals surface area contributed by atoms with Crippen molar-refractivity contribution in [2.24, 2.45) is 0 Å². The molecule has 3 rings (SSSR count). The van der Waals surface area contributed by atoms with E-state index in [-0.39, 0.29) is 5.91 Å². The van der Waals surface area contributed by atoms with Gasteiger partial charge in [0.15, 0.2) is 0 Å². The average molecular weight is 363 g/mol. The van der Waals surface area contributed by atoms with Crippen LogP contribution in [-0.2, 0) is 16.0 Å². The van der Waals surface area contributed by atoms with E-state index in [1.807, 2.05) is 12.1 Å². The monoisotopic (exact) mass is 363 g/mol. The lowest BCUT2D eigenvalue weighted by Crippen LogP contribution is -2.48. The first-order valence-electron chi connectivity index (χ1n) is 9.24. The molecule has 2 fully saturated rings. The van der Waals surface area contributed by atoms with Crippen LogP contribution in [0.15, 0.2) is 12.1 Å². The molecule has 0 spiro atoms. The Kier molecular flexibility index (Phi) is 5.91. The molecule has 26 heavy (non-hydrogen) atoms. The summed E-state index contributed by atoms with van der Waals surface area (Å²) in [5, 5.41) is 0. The SMILES string of the molecule is COc1cc(OC)c(CCC(=O)N2C3CCC2CC(OC)C3)c(OC)c1. The minimum absolute atomic E-state index is 0.215. The fraction of sp³-hybridized carbons (Fsp3) is 0.650. The van der Waals surface area contributed by atoms with E-state index >= 15 is 0 Å². The third-order valence-electron chi connectivity index (χ3n) is 5.72. The number of amides is 1. The van der Waals surface area contributed by atoms with Gasteiger partial charge in [-0.15, -0.1) is 0 Å². The number of benzene rings is 1. The van der Waals surface area contributed by atoms with Crippen LogP contribution >= 0.6 is 0 Å². The highest BCUT2D eigenvalue weighted by molar-refractivity contribution is 5.78. The summed E-state index contributed by atoms with van der Waals surface area (Å²) in [5.74, 6) is 2.27. The van der Waals surface area contributed by atoms with Gasteiger partial charge in [0.2, 0.25) is 5.91 Å². The summed E-state index contributed by atoms with van der Waals surface area (Å²) >= 11 is 0. The van der Waals surface area contributed by atoms with Gasteiger partial charge < -0.3 is 23.8 Å². The summed E-state index contributed by atoms with van der Waals surface area (Å²) in [7, 11) is 6.62. The van der Waals surface area contributed by atoms with E-state index in [9.17, 15) is 4.79 Å². The maximum Gasteiger partial charge on any atom is 0.223 e. The smallest absolute Gasteiger partial charge is 0.223 e. The summed E-state index contributed by atoms with van der Waals surface area (Å²) in [6, 6.07) is 4.31. The molecule has 2 unspecified atom stereocenters. The molecular formula is C20H29NO5. The van der Waals surface area contributed by atoms with Crippen LogP contribution in [0.2, 0.25) is 0 Å². The molecule has 2 heterocycles. The van der Waals surface area contributed by atoms with E-state index in [4.69, 9.17) is 18.9 Å². The lowest BCUT2D eigenvalue weighted by molar-refractivity contribution is -0.137. The lowest BCUT2D eigenvalue weighted by atomic mass is 9.98. The third kappa shape index (κ3) is 3.61. The van der Waals surface area contributed by atoms with E-state index < -0.39 is 0 Å². The van der Waals surface area contributed by atoms with Crippen molar-refractivity contribution < 1.29 is 23.7 Å². The van der Waals surface area contributed by atoms with Gasteiger partial charge in [-0.05, 0) is 32.1 Å². The minimum atomic E-state index is 0.215. The number of carbonyl (C=O) groups is 1. The van der Waals surface area contributed by atoms with Crippen molar-refractivity contribution in [3.05, 3.63) is 17.7 Å². The molecule has 2 aliphatic heterocycles. The zero-order chi connectivity index (χ0) is 18.7. The number of ether oxygens (including phenoxy) is 4. The molecule has 2 atom stereocenters. The molecule has 2 aliphatic rings. The fourth-order valence-corrected chi connectivity index (χ4v) is 4.41. The van der Waals surface area contributed by atoms with Gasteiger partial charge in [-0.2, -0.15) is 0 Å². The standard InChI is InChI=1S/C20H29NO5/c1-23-15-9-13-5-6-14(10-15)21(13)20(22)8-7-17-18(25-3)11-16(24-2)12-19(17)26-4/h11-15H,5-10H2,1-4H3. The topological polar surface area (TPSA) is 57.2 Å². The van der Waals surface area contributed by atoms with Gasteiger partial charge in [0, 0.05) is 43.3 Å². The first kappa shape index (κ1) is 18.8. The van der Waals surface area contributed by atoms with Crippen LogP contribution in [0.5, 0.6) is 17.2 Å². The molecule has 6 nitrogen and oxygen atoms in total. The maximum atomic E-state index is 12.9. The third-order valence-corrected chi connectivity index (χ3v) is 5.72. The van der Waals surface area contributed by atoms with Crippen molar-refractivity contribution in [3.8, 4) is 17.2 Å². The quantitative estimate of drug-likeness (QED) is 0.746. The molecule has 0 aromatic heterocycles. The number of hydrogen-bond acceptors (Lipinski definition) is 5. The van der Waals surface area contributed by atoms with E-state index in [1.165, 1.54) is 0 Å². The first-order chi connectivity index (χ1) is 12.6. The Morgan fingerprint density at radius 3 is 2.04 bits per heavy atom. The molecule has 6 heteroatoms. The van der Waals surface area contributed by atoms with Gasteiger partial charge in [0.1, 0.15) is 17.2 Å². The van der Waals surface area contributed by atoms with Crippen molar-refractivity contribution in [3.63, 3.8) is 0 Å². The van der Waals surface area contributed by atoms with Crippen LogP contribution in [0.25, 0.3) is 0 Å². The van der Waals surface area contributed by atoms with Gasteiger partial charge >= 0.3 is 0 Å². The minimum Gasteiger partial charge on any atom is -0.496 e. The van der Waals surface area contributed by atoms with E-state index in [0.29, 0.717) is 48.3 Å². The van der Waals surface area contributed by atoms with Crippen LogP contribution < -0.4 is 14.2 Å². The van der Waals surface area contributed by atoms with Crippen molar-refractivity contribution in [2.45, 2.75) is 56.7 Å². The second-order valence-corrected chi connectivity index (χ2v) is 7.03. The normalized spacial score (nSPS) is 24.5. The predicted octanol–water partition coefficient (Wildman–Crippen LogP) is 2.81. The fourth-order valence-electron chi connectivity index (χ4n) is 4.41. The largest absolute Gasteiger partial charge is 0.496 e. The Morgan fingerprint density at radius 2 is 1.58 bits per heavy atom. The molecule has 1 aromatic rings. The summed E-state index contributed by atoms with van der Waals surface area (Å²) < 4.78 is 21.8. The van der Waals surface area contributed by atoms with Gasteiger partial charge in [-0.1, -0.05) is 0 Å². The molecule has 0 saturated carbocycles. The Labute approximate surface area is 155 Å². The first-order valence-corrected chi connectivity index (χ1v) is 9.24. The van der Waals surface area contributed by atoms with Crippen LogP contribution in [-0.4, -0.2) is 57.4 Å². The summed E-state index contributed by atoms with van der Waals surface area (Å²) in [5.41, 5.74) is 0.906. The van der Waals surface area contributed by atoms with Crippen molar-refractivity contribution in [2.75, 3.05) is 28.4 Å². The molecule has 1 amide bonds. The predicted molar refractivity (Wildman–Crippen MR) is 98.1 cm³/mol. The Hall–Kier alpha value is -1.95. The molecule has 2 saturated heterocycles. The molecular weight excluding hydrogens is 334 g/mol. The summed E-state index contributed by atoms with van der Waals surface area (Å²) in [6.45, 7) is 0. The number of carbonyl (C=O) groups excluding carboxylic acids is 1. The summed E-state index contributed by atoms with van der Waals surface area (Å²) in [6.07, 6.45) is 5.40. The molecule has 1 aromatic carbocycles. The van der Waals surface area contributed by atoms with Crippen molar-refractivity contribution in [1.82, 2.24) is 4.90 Å². The Bertz CT molecular complexity index is 608. The van der Waals surface area contributed by atoms with Gasteiger partial charge in [0.05, 0.1) is 27.4 Å². The Balaban J connectivity index is 1.70. The highest BCUT2D eigenvalue weighted by Crippen LogP contribution is 2.38. The van der Waals surface area contributed by atoms with Crippen LogP contribution in [0, 0.1) is 0 Å². The van der Waals surface area contributed by atoms with Crippen LogP contribution in [0.1, 0.15) is 37.7 Å². The summed E-state index contributed by atoms with van der Waals surface area (Å²) in [4.78, 5) is 15.0. The van der Waals surface area contributed by atoms with E-state index in [2.05, 4.69) is 4.90 Å². The zero-order valence-corrected chi connectivity index (χ0v) is 16.1. The van der Waals surface area contributed by atoms with Crippen molar-refractivity contribution >= 4 is 5.91 Å². The van der Waals surface area contributed by atoms with E-state index in [1.54, 1.807) is 28.4 Å². The van der Waals surface area contributed by atoms with E-state index in [0.717, 1.165) is 31.2 Å². The molecule has 0 radical (unpaired) electrons.